The van der Waals surface area contributed by atoms with Crippen molar-refractivity contribution in [3.05, 3.63) is 35.1 Å². The first kappa shape index (κ1) is 12.3. The second-order valence-corrected chi connectivity index (χ2v) is 3.78. The van der Waals surface area contributed by atoms with Crippen LogP contribution in [0.15, 0.2) is 24.5 Å². The predicted octanol–water partition coefficient (Wildman–Crippen LogP) is 1.56. The number of nitrogens with two attached hydrogens (primary N) is 1. The molecule has 2 rings (SSSR count). The molecule has 2 N–H and O–H groups in total. The van der Waals surface area contributed by atoms with Gasteiger partial charge in [-0.15, -0.1) is 0 Å². The predicted molar refractivity (Wildman–Crippen MR) is 66.0 cm³/mol. The number of aromatic nitrogens is 3. The fraction of sp³-hybridized carbons (Fsp3) is 0.0909. The first-order valence-electron chi connectivity index (χ1n) is 4.94. The van der Waals surface area contributed by atoms with Crippen molar-refractivity contribution >= 4 is 23.4 Å². The molecule has 92 valence electrons. The van der Waals surface area contributed by atoms with Crippen molar-refractivity contribution in [1.29, 1.82) is 0 Å². The molecule has 0 saturated carbocycles. The van der Waals surface area contributed by atoms with Gasteiger partial charge >= 0.3 is 5.97 Å². The highest BCUT2D eigenvalue weighted by molar-refractivity contribution is 6.30. The van der Waals surface area contributed by atoms with Crippen molar-refractivity contribution in [2.24, 2.45) is 0 Å². The van der Waals surface area contributed by atoms with E-state index < -0.39 is 5.97 Å². The molecule has 0 saturated heterocycles. The monoisotopic (exact) mass is 264 g/mol. The second-order valence-electron chi connectivity index (χ2n) is 3.35. The number of esters is 1. The summed E-state index contributed by atoms with van der Waals surface area (Å²) in [6, 6.07) is 3.33. The van der Waals surface area contributed by atoms with Gasteiger partial charge in [0.1, 0.15) is 17.1 Å². The van der Waals surface area contributed by atoms with Crippen LogP contribution in [-0.4, -0.2) is 28.0 Å². The maximum Gasteiger partial charge on any atom is 0.343 e. The molecule has 0 bridgehead atoms. The average molecular weight is 265 g/mol. The highest BCUT2D eigenvalue weighted by Gasteiger charge is 2.13. The zero-order valence-corrected chi connectivity index (χ0v) is 10.2. The molecule has 2 aromatic rings. The zero-order valence-electron chi connectivity index (χ0n) is 9.42. The van der Waals surface area contributed by atoms with E-state index in [-0.39, 0.29) is 11.4 Å². The number of nitrogens with zero attached hydrogens (tertiary/aromatic N) is 3. The van der Waals surface area contributed by atoms with Crippen molar-refractivity contribution in [1.82, 2.24) is 15.0 Å². The van der Waals surface area contributed by atoms with Gasteiger partial charge in [0.25, 0.3) is 0 Å². The highest BCUT2D eigenvalue weighted by Crippen LogP contribution is 2.17. The summed E-state index contributed by atoms with van der Waals surface area (Å²) in [5.74, 6) is -0.219. The van der Waals surface area contributed by atoms with Crippen LogP contribution in [0, 0.1) is 0 Å². The normalized spacial score (nSPS) is 10.1. The van der Waals surface area contributed by atoms with Gasteiger partial charge in [-0.25, -0.2) is 14.8 Å². The molecule has 0 atom stereocenters. The lowest BCUT2D eigenvalue weighted by atomic mass is 10.3. The number of ether oxygens (including phenoxy) is 1. The van der Waals surface area contributed by atoms with Crippen LogP contribution in [0.2, 0.25) is 5.02 Å². The Morgan fingerprint density at radius 2 is 2.11 bits per heavy atom. The molecule has 7 heteroatoms. The summed E-state index contributed by atoms with van der Waals surface area (Å²) in [6.45, 7) is 0. The van der Waals surface area contributed by atoms with E-state index in [1.165, 1.54) is 19.5 Å². The lowest BCUT2D eigenvalue weighted by Crippen LogP contribution is -2.09. The number of hydrogen-bond acceptors (Lipinski definition) is 6. The van der Waals surface area contributed by atoms with Crippen LogP contribution in [0.4, 0.5) is 5.82 Å². The smallest absolute Gasteiger partial charge is 0.343 e. The molecule has 0 unspecified atom stereocenters. The summed E-state index contributed by atoms with van der Waals surface area (Å²) in [5, 5.41) is 0.512. The molecule has 2 heterocycles. The van der Waals surface area contributed by atoms with Crippen LogP contribution in [-0.2, 0) is 4.74 Å². The minimum atomic E-state index is -0.580. The van der Waals surface area contributed by atoms with Crippen LogP contribution < -0.4 is 5.73 Å². The quantitative estimate of drug-likeness (QED) is 0.828. The zero-order chi connectivity index (χ0) is 13.1. The van der Waals surface area contributed by atoms with Gasteiger partial charge in [0.05, 0.1) is 12.1 Å². The Labute approximate surface area is 108 Å². The lowest BCUT2D eigenvalue weighted by Gasteiger charge is -2.04. The number of rotatable bonds is 2. The largest absolute Gasteiger partial charge is 0.465 e. The molecule has 0 amide bonds. The van der Waals surface area contributed by atoms with E-state index in [4.69, 9.17) is 17.3 Å². The Kier molecular flexibility index (Phi) is 3.38. The summed E-state index contributed by atoms with van der Waals surface area (Å²) >= 11 is 5.73. The van der Waals surface area contributed by atoms with Gasteiger partial charge in [0.2, 0.25) is 0 Å². The van der Waals surface area contributed by atoms with Crippen LogP contribution in [0.25, 0.3) is 11.5 Å². The van der Waals surface area contributed by atoms with Crippen molar-refractivity contribution in [3.8, 4) is 11.5 Å². The van der Waals surface area contributed by atoms with Gasteiger partial charge in [0, 0.05) is 12.4 Å². The van der Waals surface area contributed by atoms with Gasteiger partial charge < -0.3 is 10.5 Å². The van der Waals surface area contributed by atoms with Gasteiger partial charge in [-0.05, 0) is 12.1 Å². The number of hydrogen-bond donors (Lipinski definition) is 1. The summed E-state index contributed by atoms with van der Waals surface area (Å²) in [4.78, 5) is 23.4. The summed E-state index contributed by atoms with van der Waals surface area (Å²) in [5.41, 5.74) is 6.30. The molecule has 0 fully saturated rings. The van der Waals surface area contributed by atoms with E-state index in [1.54, 1.807) is 12.1 Å². The maximum atomic E-state index is 11.3. The third-order valence-corrected chi connectivity index (χ3v) is 2.40. The molecule has 0 aromatic carbocycles. The van der Waals surface area contributed by atoms with Gasteiger partial charge in [-0.1, -0.05) is 11.6 Å². The SMILES string of the molecule is COC(=O)c1cnc(-c2ccc(Cl)cn2)nc1N. The number of carbonyl (C=O) groups is 1. The second kappa shape index (κ2) is 4.97. The summed E-state index contributed by atoms with van der Waals surface area (Å²) < 4.78 is 4.55. The molecular formula is C11H9ClN4O2. The summed E-state index contributed by atoms with van der Waals surface area (Å²) in [7, 11) is 1.26. The van der Waals surface area contributed by atoms with E-state index in [1.807, 2.05) is 0 Å². The van der Waals surface area contributed by atoms with Crippen molar-refractivity contribution in [3.63, 3.8) is 0 Å². The first-order valence-corrected chi connectivity index (χ1v) is 5.32. The Morgan fingerprint density at radius 3 is 2.67 bits per heavy atom. The minimum Gasteiger partial charge on any atom is -0.465 e. The van der Waals surface area contributed by atoms with E-state index >= 15 is 0 Å². The van der Waals surface area contributed by atoms with E-state index in [2.05, 4.69) is 19.7 Å². The Balaban J connectivity index is 2.40. The Bertz CT molecular complexity index is 586. The topological polar surface area (TPSA) is 91.0 Å². The Hall–Kier alpha value is -2.21. The van der Waals surface area contributed by atoms with Crippen LogP contribution in [0.3, 0.4) is 0 Å². The summed E-state index contributed by atoms with van der Waals surface area (Å²) in [6.07, 6.45) is 2.78. The Morgan fingerprint density at radius 1 is 1.33 bits per heavy atom. The third-order valence-electron chi connectivity index (χ3n) is 2.18. The molecule has 0 spiro atoms. The lowest BCUT2D eigenvalue weighted by molar-refractivity contribution is 0.0601. The van der Waals surface area contributed by atoms with Crippen LogP contribution in [0.5, 0.6) is 0 Å². The molecule has 6 nitrogen and oxygen atoms in total. The van der Waals surface area contributed by atoms with Crippen molar-refractivity contribution in [2.75, 3.05) is 12.8 Å². The van der Waals surface area contributed by atoms with Crippen LogP contribution in [0.1, 0.15) is 10.4 Å². The van der Waals surface area contributed by atoms with Gasteiger partial charge in [0.15, 0.2) is 5.82 Å². The standard InChI is InChI=1S/C11H9ClN4O2/c1-18-11(17)7-5-15-10(16-9(7)13)8-3-2-6(12)4-14-8/h2-5H,1H3,(H2,13,15,16). The molecule has 0 aliphatic rings. The molecule has 0 aliphatic heterocycles. The molecule has 0 aliphatic carbocycles. The fourth-order valence-corrected chi connectivity index (χ4v) is 1.41. The number of carbonyl (C=O) groups excluding carboxylic acids is 1. The number of halogens is 1. The molecular weight excluding hydrogens is 256 g/mol. The minimum absolute atomic E-state index is 0.0450. The number of methoxy groups -OCH3 is 1. The van der Waals surface area contributed by atoms with Crippen LogP contribution >= 0.6 is 11.6 Å². The third kappa shape index (κ3) is 2.38. The van der Waals surface area contributed by atoms with Gasteiger partial charge in [-0.2, -0.15) is 0 Å². The van der Waals surface area contributed by atoms with Gasteiger partial charge in [-0.3, -0.25) is 4.98 Å². The number of pyridine rings is 1. The van der Waals surface area contributed by atoms with E-state index in [9.17, 15) is 4.79 Å². The number of nitrogen functional groups attached to an aromatic ring is 1. The molecule has 0 radical (unpaired) electrons. The molecule has 18 heavy (non-hydrogen) atoms. The molecule has 2 aromatic heterocycles. The fourth-order valence-electron chi connectivity index (χ4n) is 1.29. The van der Waals surface area contributed by atoms with E-state index in [0.29, 0.717) is 16.5 Å². The highest BCUT2D eigenvalue weighted by atomic mass is 35.5. The van der Waals surface area contributed by atoms with E-state index in [0.717, 1.165) is 0 Å². The average Bonchev–Trinajstić information content (AvgIpc) is 2.38. The number of anilines is 1. The maximum absolute atomic E-state index is 11.3. The van der Waals surface area contributed by atoms with Crippen molar-refractivity contribution in [2.45, 2.75) is 0 Å². The van der Waals surface area contributed by atoms with Crippen molar-refractivity contribution < 1.29 is 9.53 Å². The first-order chi connectivity index (χ1) is 8.61.